The topological polar surface area (TPSA) is 98.7 Å². The molecule has 0 aliphatic carbocycles. The van der Waals surface area contributed by atoms with Crippen molar-refractivity contribution < 1.29 is 9.59 Å². The molecular formula is C21H19N5O3. The van der Waals surface area contributed by atoms with Gasteiger partial charge in [0.25, 0.3) is 11.5 Å². The normalized spacial score (nSPS) is 14.0. The van der Waals surface area contributed by atoms with Crippen LogP contribution in [0, 0.1) is 0 Å². The fourth-order valence-electron chi connectivity index (χ4n) is 3.20. The lowest BCUT2D eigenvalue weighted by atomic mass is 10.1. The van der Waals surface area contributed by atoms with Gasteiger partial charge in [-0.25, -0.2) is 9.99 Å². The standard InChI is InChI=1S/C21H19N5O3/c1-25(13-18-22-16-10-6-5-9-15(16)20(28)23-18)21(29)17-11-12-19(27)26(24-17)14-7-3-2-4-8-14/h2-10H,11-13H2,1H3,(H,22,23,28). The Labute approximate surface area is 166 Å². The SMILES string of the molecule is CN(Cc1nc2ccccc2c(=O)[nH]1)C(=O)C1=NN(c2ccccc2)C(=O)CC1. The van der Waals surface area contributed by atoms with Crippen LogP contribution in [0.3, 0.4) is 0 Å². The van der Waals surface area contributed by atoms with Gasteiger partial charge in [0.2, 0.25) is 5.91 Å². The van der Waals surface area contributed by atoms with E-state index in [0.717, 1.165) is 0 Å². The van der Waals surface area contributed by atoms with Crippen LogP contribution in [0.5, 0.6) is 0 Å². The molecule has 2 amide bonds. The first kappa shape index (κ1) is 18.5. The average molecular weight is 389 g/mol. The Balaban J connectivity index is 1.56. The fourth-order valence-corrected chi connectivity index (χ4v) is 3.20. The number of amides is 2. The maximum Gasteiger partial charge on any atom is 0.270 e. The Kier molecular flexibility index (Phi) is 4.90. The highest BCUT2D eigenvalue weighted by molar-refractivity contribution is 6.40. The summed E-state index contributed by atoms with van der Waals surface area (Å²) < 4.78 is 0. The lowest BCUT2D eigenvalue weighted by molar-refractivity contribution is -0.123. The highest BCUT2D eigenvalue weighted by Crippen LogP contribution is 2.20. The number of H-pyrrole nitrogens is 1. The number of hydrogen-bond donors (Lipinski definition) is 1. The number of nitrogens with zero attached hydrogens (tertiary/aromatic N) is 4. The number of anilines is 1. The number of rotatable bonds is 4. The van der Waals surface area contributed by atoms with Crippen LogP contribution in [0.25, 0.3) is 10.9 Å². The lowest BCUT2D eigenvalue weighted by Crippen LogP contribution is -2.40. The first-order chi connectivity index (χ1) is 14.0. The summed E-state index contributed by atoms with van der Waals surface area (Å²) in [6, 6.07) is 16.0. The van der Waals surface area contributed by atoms with Gasteiger partial charge in [0.1, 0.15) is 11.5 Å². The van der Waals surface area contributed by atoms with E-state index >= 15 is 0 Å². The summed E-state index contributed by atoms with van der Waals surface area (Å²) in [5.41, 5.74) is 1.23. The van der Waals surface area contributed by atoms with Crippen LogP contribution < -0.4 is 10.6 Å². The van der Waals surface area contributed by atoms with Crippen molar-refractivity contribution in [2.45, 2.75) is 19.4 Å². The van der Waals surface area contributed by atoms with Crippen molar-refractivity contribution in [2.24, 2.45) is 5.10 Å². The number of fused-ring (bicyclic) bond motifs is 1. The van der Waals surface area contributed by atoms with E-state index in [0.29, 0.717) is 28.1 Å². The van der Waals surface area contributed by atoms with Gasteiger partial charge in [0, 0.05) is 19.9 Å². The molecule has 0 saturated heterocycles. The third-order valence-corrected chi connectivity index (χ3v) is 4.68. The molecule has 2 heterocycles. The molecule has 8 heteroatoms. The van der Waals surface area contributed by atoms with Crippen LogP contribution in [0.2, 0.25) is 0 Å². The molecule has 1 aliphatic rings. The molecule has 4 rings (SSSR count). The van der Waals surface area contributed by atoms with Crippen LogP contribution in [0.4, 0.5) is 5.69 Å². The molecule has 0 radical (unpaired) electrons. The van der Waals surface area contributed by atoms with Gasteiger partial charge in [-0.15, -0.1) is 0 Å². The van der Waals surface area contributed by atoms with Gasteiger partial charge in [-0.05, 0) is 24.3 Å². The molecule has 8 nitrogen and oxygen atoms in total. The molecule has 29 heavy (non-hydrogen) atoms. The Hall–Kier alpha value is -3.81. The number of carbonyl (C=O) groups excluding carboxylic acids is 2. The van der Waals surface area contributed by atoms with Gasteiger partial charge >= 0.3 is 0 Å². The summed E-state index contributed by atoms with van der Waals surface area (Å²) >= 11 is 0. The van der Waals surface area contributed by atoms with Crippen molar-refractivity contribution in [1.29, 1.82) is 0 Å². The Bertz CT molecular complexity index is 1170. The maximum atomic E-state index is 12.9. The highest BCUT2D eigenvalue weighted by atomic mass is 16.2. The van der Waals surface area contributed by atoms with Crippen molar-refractivity contribution >= 4 is 34.1 Å². The molecule has 1 aliphatic heterocycles. The Morgan fingerprint density at radius 3 is 2.59 bits per heavy atom. The van der Waals surface area contributed by atoms with Gasteiger partial charge < -0.3 is 9.88 Å². The number of para-hydroxylation sites is 2. The fraction of sp³-hybridized carbons (Fsp3) is 0.190. The van der Waals surface area contributed by atoms with Crippen LogP contribution in [-0.2, 0) is 16.1 Å². The second-order valence-electron chi connectivity index (χ2n) is 6.78. The van der Waals surface area contributed by atoms with E-state index < -0.39 is 0 Å². The molecular weight excluding hydrogens is 370 g/mol. The third kappa shape index (κ3) is 3.77. The summed E-state index contributed by atoms with van der Waals surface area (Å²) in [5.74, 6) is -0.0814. The minimum atomic E-state index is -0.311. The predicted octanol–water partition coefficient (Wildman–Crippen LogP) is 2.06. The summed E-state index contributed by atoms with van der Waals surface area (Å²) in [6.45, 7) is 0.122. The van der Waals surface area contributed by atoms with Gasteiger partial charge in [0.15, 0.2) is 0 Å². The molecule has 2 aromatic carbocycles. The lowest BCUT2D eigenvalue weighted by Gasteiger charge is -2.25. The van der Waals surface area contributed by atoms with E-state index in [4.69, 9.17) is 0 Å². The third-order valence-electron chi connectivity index (χ3n) is 4.68. The van der Waals surface area contributed by atoms with E-state index in [9.17, 15) is 14.4 Å². The van der Waals surface area contributed by atoms with E-state index in [-0.39, 0.29) is 36.8 Å². The molecule has 146 valence electrons. The quantitative estimate of drug-likeness (QED) is 0.738. The van der Waals surface area contributed by atoms with E-state index in [2.05, 4.69) is 15.1 Å². The number of benzene rings is 2. The number of aromatic nitrogens is 2. The summed E-state index contributed by atoms with van der Waals surface area (Å²) in [5, 5.41) is 6.04. The number of hydrogen-bond acceptors (Lipinski definition) is 5. The molecule has 0 saturated carbocycles. The Morgan fingerprint density at radius 2 is 1.79 bits per heavy atom. The van der Waals surface area contributed by atoms with Crippen LogP contribution in [0.15, 0.2) is 64.5 Å². The zero-order valence-electron chi connectivity index (χ0n) is 15.8. The summed E-state index contributed by atoms with van der Waals surface area (Å²) in [6.07, 6.45) is 0.478. The monoisotopic (exact) mass is 389 g/mol. The molecule has 0 atom stereocenters. The number of carbonyl (C=O) groups is 2. The first-order valence-electron chi connectivity index (χ1n) is 9.22. The zero-order valence-corrected chi connectivity index (χ0v) is 15.8. The molecule has 3 aromatic rings. The minimum Gasteiger partial charge on any atom is -0.333 e. The second-order valence-corrected chi connectivity index (χ2v) is 6.78. The van der Waals surface area contributed by atoms with Crippen LogP contribution >= 0.6 is 0 Å². The van der Waals surface area contributed by atoms with Gasteiger partial charge in [0.05, 0.1) is 23.1 Å². The van der Waals surface area contributed by atoms with Crippen molar-refractivity contribution in [2.75, 3.05) is 12.1 Å². The van der Waals surface area contributed by atoms with Crippen LogP contribution in [0.1, 0.15) is 18.7 Å². The van der Waals surface area contributed by atoms with Crippen molar-refractivity contribution in [1.82, 2.24) is 14.9 Å². The number of aromatic amines is 1. The van der Waals surface area contributed by atoms with Crippen molar-refractivity contribution in [3.05, 3.63) is 70.8 Å². The second kappa shape index (κ2) is 7.67. The van der Waals surface area contributed by atoms with E-state index in [1.165, 1.54) is 9.91 Å². The average Bonchev–Trinajstić information content (AvgIpc) is 2.74. The zero-order chi connectivity index (χ0) is 20.4. The smallest absolute Gasteiger partial charge is 0.270 e. The molecule has 1 N–H and O–H groups in total. The molecule has 0 spiro atoms. The first-order valence-corrected chi connectivity index (χ1v) is 9.22. The Morgan fingerprint density at radius 1 is 1.07 bits per heavy atom. The highest BCUT2D eigenvalue weighted by Gasteiger charge is 2.27. The molecule has 0 unspecified atom stereocenters. The van der Waals surface area contributed by atoms with Gasteiger partial charge in [-0.3, -0.25) is 14.4 Å². The van der Waals surface area contributed by atoms with Crippen molar-refractivity contribution in [3.8, 4) is 0 Å². The van der Waals surface area contributed by atoms with Crippen LogP contribution in [-0.4, -0.2) is 39.4 Å². The maximum absolute atomic E-state index is 12.9. The molecule has 0 bridgehead atoms. The predicted molar refractivity (Wildman–Crippen MR) is 109 cm³/mol. The minimum absolute atomic E-state index is 0.122. The molecule has 0 fully saturated rings. The van der Waals surface area contributed by atoms with Crippen molar-refractivity contribution in [3.63, 3.8) is 0 Å². The van der Waals surface area contributed by atoms with Gasteiger partial charge in [-0.2, -0.15) is 5.10 Å². The van der Waals surface area contributed by atoms with E-state index in [1.54, 1.807) is 43.4 Å². The number of hydrazone groups is 1. The largest absolute Gasteiger partial charge is 0.333 e. The summed E-state index contributed by atoms with van der Waals surface area (Å²) in [7, 11) is 1.61. The van der Waals surface area contributed by atoms with Gasteiger partial charge in [-0.1, -0.05) is 30.3 Å². The van der Waals surface area contributed by atoms with E-state index in [1.807, 2.05) is 18.2 Å². The number of nitrogens with one attached hydrogen (secondary N) is 1. The summed E-state index contributed by atoms with van der Waals surface area (Å²) in [4.78, 5) is 45.9. The molecule has 1 aromatic heterocycles.